The number of halogens is 1. The maximum absolute atomic E-state index is 13.0. The summed E-state index contributed by atoms with van der Waals surface area (Å²) in [5, 5.41) is 6.33. The SMILES string of the molecule is O=C(N/N=C/c1ccc(F)cc1)C1CC(c2ccccc2OCc2cccc3ccccc23)NN1. The fraction of sp³-hybridized carbons (Fsp3) is 0.143. The van der Waals surface area contributed by atoms with Gasteiger partial charge >= 0.3 is 0 Å². The number of hydrazine groups is 1. The number of hydrazone groups is 1. The fourth-order valence-electron chi connectivity index (χ4n) is 4.20. The van der Waals surface area contributed by atoms with Gasteiger partial charge in [-0.1, -0.05) is 72.8 Å². The molecule has 1 aliphatic rings. The first-order chi connectivity index (χ1) is 17.2. The van der Waals surface area contributed by atoms with Crippen LogP contribution in [0.15, 0.2) is 96.1 Å². The van der Waals surface area contributed by atoms with E-state index in [0.29, 0.717) is 18.6 Å². The molecule has 4 aromatic rings. The molecule has 0 saturated carbocycles. The van der Waals surface area contributed by atoms with Crippen molar-refractivity contribution in [3.8, 4) is 5.75 Å². The summed E-state index contributed by atoms with van der Waals surface area (Å²) >= 11 is 0. The second kappa shape index (κ2) is 10.5. The minimum absolute atomic E-state index is 0.101. The largest absolute Gasteiger partial charge is 0.489 e. The molecule has 0 spiro atoms. The van der Waals surface area contributed by atoms with E-state index >= 15 is 0 Å². The van der Waals surface area contributed by atoms with Gasteiger partial charge in [-0.25, -0.2) is 20.7 Å². The maximum atomic E-state index is 13.0. The zero-order valence-corrected chi connectivity index (χ0v) is 18.9. The van der Waals surface area contributed by atoms with E-state index in [2.05, 4.69) is 45.6 Å². The van der Waals surface area contributed by atoms with Gasteiger partial charge in [0.2, 0.25) is 0 Å². The molecule has 6 nitrogen and oxygen atoms in total. The number of benzene rings is 4. The summed E-state index contributed by atoms with van der Waals surface area (Å²) in [6, 6.07) is 27.6. The van der Waals surface area contributed by atoms with E-state index < -0.39 is 6.04 Å². The third-order valence-electron chi connectivity index (χ3n) is 6.04. The van der Waals surface area contributed by atoms with Crippen molar-refractivity contribution in [1.29, 1.82) is 0 Å². The Morgan fingerprint density at radius 2 is 1.74 bits per heavy atom. The third kappa shape index (κ3) is 5.37. The minimum atomic E-state index is -0.462. The van der Waals surface area contributed by atoms with Crippen LogP contribution in [0.5, 0.6) is 5.75 Å². The number of carbonyl (C=O) groups is 1. The van der Waals surface area contributed by atoms with Crippen LogP contribution in [-0.2, 0) is 11.4 Å². The molecule has 0 aliphatic carbocycles. The van der Waals surface area contributed by atoms with E-state index in [9.17, 15) is 9.18 Å². The predicted octanol–water partition coefficient (Wildman–Crippen LogP) is 4.62. The first-order valence-electron chi connectivity index (χ1n) is 11.5. The van der Waals surface area contributed by atoms with Crippen LogP contribution in [0.25, 0.3) is 10.8 Å². The Kier molecular flexibility index (Phi) is 6.79. The lowest BCUT2D eigenvalue weighted by atomic mass is 10.0. The minimum Gasteiger partial charge on any atom is -0.489 e. The summed E-state index contributed by atoms with van der Waals surface area (Å²) in [5.74, 6) is 0.197. The Morgan fingerprint density at radius 3 is 2.63 bits per heavy atom. The van der Waals surface area contributed by atoms with E-state index in [0.717, 1.165) is 16.9 Å². The smallest absolute Gasteiger partial charge is 0.258 e. The summed E-state index contributed by atoms with van der Waals surface area (Å²) < 4.78 is 19.2. The molecule has 4 aromatic carbocycles. The highest BCUT2D eigenvalue weighted by atomic mass is 19.1. The summed E-state index contributed by atoms with van der Waals surface area (Å²) in [6.45, 7) is 0.445. The van der Waals surface area contributed by atoms with Crippen molar-refractivity contribution < 1.29 is 13.9 Å². The molecule has 35 heavy (non-hydrogen) atoms. The van der Waals surface area contributed by atoms with Gasteiger partial charge in [-0.15, -0.1) is 0 Å². The first kappa shape index (κ1) is 22.7. The number of amides is 1. The van der Waals surface area contributed by atoms with Gasteiger partial charge in [-0.05, 0) is 46.5 Å². The second-order valence-electron chi connectivity index (χ2n) is 8.38. The third-order valence-corrected chi connectivity index (χ3v) is 6.04. The number of ether oxygens (including phenoxy) is 1. The molecule has 2 unspecified atom stereocenters. The molecule has 2 atom stereocenters. The van der Waals surface area contributed by atoms with E-state index in [4.69, 9.17) is 4.74 Å². The van der Waals surface area contributed by atoms with Gasteiger partial charge in [0.05, 0.1) is 12.3 Å². The molecule has 5 rings (SSSR count). The summed E-state index contributed by atoms with van der Waals surface area (Å²) in [4.78, 5) is 12.6. The predicted molar refractivity (Wildman–Crippen MR) is 134 cm³/mol. The number of carbonyl (C=O) groups excluding carboxylic acids is 1. The van der Waals surface area contributed by atoms with Crippen molar-refractivity contribution in [2.45, 2.75) is 25.1 Å². The molecule has 0 aromatic heterocycles. The highest BCUT2D eigenvalue weighted by Gasteiger charge is 2.31. The molecule has 1 amide bonds. The molecule has 0 radical (unpaired) electrons. The normalized spacial score (nSPS) is 17.6. The zero-order valence-electron chi connectivity index (χ0n) is 18.9. The Morgan fingerprint density at radius 1 is 0.971 bits per heavy atom. The molecule has 1 fully saturated rings. The number of rotatable bonds is 7. The summed E-state index contributed by atoms with van der Waals surface area (Å²) in [5.41, 5.74) is 11.6. The summed E-state index contributed by atoms with van der Waals surface area (Å²) in [6.07, 6.45) is 2.01. The van der Waals surface area contributed by atoms with Gasteiger partial charge in [0, 0.05) is 5.56 Å². The van der Waals surface area contributed by atoms with Crippen LogP contribution in [0.2, 0.25) is 0 Å². The van der Waals surface area contributed by atoms with Crippen molar-refractivity contribution in [3.63, 3.8) is 0 Å². The lowest BCUT2D eigenvalue weighted by Crippen LogP contribution is -2.41. The summed E-state index contributed by atoms with van der Waals surface area (Å²) in [7, 11) is 0. The highest BCUT2D eigenvalue weighted by Crippen LogP contribution is 2.31. The molecular formula is C28H25FN4O2. The molecular weight excluding hydrogens is 443 g/mol. The van der Waals surface area contributed by atoms with Gasteiger partial charge in [0.15, 0.2) is 0 Å². The van der Waals surface area contributed by atoms with Crippen LogP contribution in [0.4, 0.5) is 4.39 Å². The molecule has 7 heteroatoms. The fourth-order valence-corrected chi connectivity index (χ4v) is 4.20. The van der Waals surface area contributed by atoms with Gasteiger partial charge in [-0.3, -0.25) is 4.79 Å². The van der Waals surface area contributed by atoms with E-state index in [1.165, 1.54) is 29.1 Å². The number of nitrogens with zero attached hydrogens (tertiary/aromatic N) is 1. The topological polar surface area (TPSA) is 74.8 Å². The number of hydrogen-bond donors (Lipinski definition) is 3. The van der Waals surface area contributed by atoms with Gasteiger partial charge in [0.25, 0.3) is 5.91 Å². The average molecular weight is 469 g/mol. The molecule has 3 N–H and O–H groups in total. The lowest BCUT2D eigenvalue weighted by Gasteiger charge is -2.16. The van der Waals surface area contributed by atoms with Crippen LogP contribution in [0, 0.1) is 5.82 Å². The maximum Gasteiger partial charge on any atom is 0.258 e. The molecule has 1 aliphatic heterocycles. The standard InChI is InChI=1S/C28H25FN4O2/c29-22-14-12-19(13-15-22)17-30-33-28(34)26-16-25(31-32-26)24-10-3-4-11-27(24)35-18-21-8-5-7-20-6-1-2-9-23(20)21/h1-15,17,25-26,31-32H,16,18H2,(H,33,34)/b30-17+. The van der Waals surface area contributed by atoms with Crippen LogP contribution in [0.1, 0.15) is 29.2 Å². The molecule has 0 bridgehead atoms. The number of para-hydroxylation sites is 1. The van der Waals surface area contributed by atoms with E-state index in [1.807, 2.05) is 42.5 Å². The van der Waals surface area contributed by atoms with Gasteiger partial charge < -0.3 is 4.74 Å². The van der Waals surface area contributed by atoms with Crippen molar-refractivity contribution in [2.24, 2.45) is 5.10 Å². The Bertz CT molecular complexity index is 1350. The van der Waals surface area contributed by atoms with Gasteiger partial charge in [0.1, 0.15) is 24.2 Å². The van der Waals surface area contributed by atoms with Crippen molar-refractivity contribution in [1.82, 2.24) is 16.3 Å². The monoisotopic (exact) mass is 468 g/mol. The number of hydrogen-bond acceptors (Lipinski definition) is 5. The van der Waals surface area contributed by atoms with Crippen LogP contribution in [-0.4, -0.2) is 18.2 Å². The highest BCUT2D eigenvalue weighted by molar-refractivity contribution is 5.86. The van der Waals surface area contributed by atoms with Crippen molar-refractivity contribution >= 4 is 22.9 Å². The Hall–Kier alpha value is -4.07. The number of nitrogens with one attached hydrogen (secondary N) is 3. The molecule has 1 saturated heterocycles. The first-order valence-corrected chi connectivity index (χ1v) is 11.5. The van der Waals surface area contributed by atoms with E-state index in [1.54, 1.807) is 12.1 Å². The van der Waals surface area contributed by atoms with Crippen molar-refractivity contribution in [2.75, 3.05) is 0 Å². The lowest BCUT2D eigenvalue weighted by molar-refractivity contribution is -0.122. The van der Waals surface area contributed by atoms with E-state index in [-0.39, 0.29) is 17.8 Å². The van der Waals surface area contributed by atoms with Gasteiger partial charge in [-0.2, -0.15) is 5.10 Å². The van der Waals surface area contributed by atoms with Crippen LogP contribution >= 0.6 is 0 Å². The van der Waals surface area contributed by atoms with Crippen molar-refractivity contribution in [3.05, 3.63) is 114 Å². The quantitative estimate of drug-likeness (QED) is 0.273. The average Bonchev–Trinajstić information content (AvgIpc) is 3.39. The molecule has 176 valence electrons. The number of fused-ring (bicyclic) bond motifs is 1. The Labute approximate surface area is 202 Å². The Balaban J connectivity index is 1.22. The molecule has 1 heterocycles. The van der Waals surface area contributed by atoms with Crippen LogP contribution < -0.4 is 21.0 Å². The van der Waals surface area contributed by atoms with Crippen LogP contribution in [0.3, 0.4) is 0 Å². The second-order valence-corrected chi connectivity index (χ2v) is 8.38. The zero-order chi connectivity index (χ0) is 24.0.